The molecule has 0 radical (unpaired) electrons. The zero-order valence-corrected chi connectivity index (χ0v) is 10.9. The van der Waals surface area contributed by atoms with Gasteiger partial charge < -0.3 is 15.2 Å². The van der Waals surface area contributed by atoms with Crippen LogP contribution in [-0.2, 0) is 9.53 Å². The summed E-state index contributed by atoms with van der Waals surface area (Å²) in [7, 11) is 0. The highest BCUT2D eigenvalue weighted by Crippen LogP contribution is 2.21. The first kappa shape index (κ1) is 15.7. The summed E-state index contributed by atoms with van der Waals surface area (Å²) in [4.78, 5) is 14.4. The van der Waals surface area contributed by atoms with Crippen LogP contribution in [0.15, 0.2) is 23.3 Å². The summed E-state index contributed by atoms with van der Waals surface area (Å²) < 4.78 is 18.2. The molecule has 108 valence electrons. The van der Waals surface area contributed by atoms with Crippen molar-refractivity contribution in [3.63, 3.8) is 0 Å². The highest BCUT2D eigenvalue weighted by atomic mass is 19.1. The number of benzene rings is 1. The minimum atomic E-state index is -0.890. The van der Waals surface area contributed by atoms with E-state index in [2.05, 4.69) is 15.3 Å². The topological polar surface area (TPSA) is 107 Å². The van der Waals surface area contributed by atoms with Crippen LogP contribution in [-0.4, -0.2) is 30.8 Å². The molecule has 0 aromatic heterocycles. The SMILES string of the molecule is CCOC(=O)C(NCCN=[N+]=[N-])c1ccc(O)c(F)c1. The summed E-state index contributed by atoms with van der Waals surface area (Å²) >= 11 is 0. The van der Waals surface area contributed by atoms with Gasteiger partial charge in [0.2, 0.25) is 0 Å². The number of nitrogens with one attached hydrogen (secondary N) is 1. The van der Waals surface area contributed by atoms with Crippen LogP contribution in [0.25, 0.3) is 10.4 Å². The number of rotatable bonds is 7. The first-order valence-corrected chi connectivity index (χ1v) is 5.99. The third-order valence-corrected chi connectivity index (χ3v) is 2.45. The van der Waals surface area contributed by atoms with Gasteiger partial charge in [-0.05, 0) is 30.2 Å². The molecule has 7 nitrogen and oxygen atoms in total. The molecule has 1 atom stereocenters. The van der Waals surface area contributed by atoms with E-state index in [1.807, 2.05) is 0 Å². The Morgan fingerprint density at radius 1 is 1.65 bits per heavy atom. The van der Waals surface area contributed by atoms with Gasteiger partial charge in [0.1, 0.15) is 6.04 Å². The van der Waals surface area contributed by atoms with Gasteiger partial charge in [0.15, 0.2) is 11.6 Å². The van der Waals surface area contributed by atoms with E-state index >= 15 is 0 Å². The molecule has 2 N–H and O–H groups in total. The van der Waals surface area contributed by atoms with Crippen LogP contribution in [0.5, 0.6) is 5.75 Å². The van der Waals surface area contributed by atoms with E-state index in [1.165, 1.54) is 6.07 Å². The van der Waals surface area contributed by atoms with Gasteiger partial charge in [0.05, 0.1) is 6.61 Å². The second-order valence-electron chi connectivity index (χ2n) is 3.80. The molecule has 0 saturated heterocycles. The van der Waals surface area contributed by atoms with Gasteiger partial charge in [0.25, 0.3) is 0 Å². The second-order valence-corrected chi connectivity index (χ2v) is 3.80. The molecule has 0 spiro atoms. The van der Waals surface area contributed by atoms with Crippen molar-refractivity contribution < 1.29 is 19.0 Å². The van der Waals surface area contributed by atoms with Gasteiger partial charge in [-0.3, -0.25) is 0 Å². The van der Waals surface area contributed by atoms with E-state index in [0.717, 1.165) is 12.1 Å². The van der Waals surface area contributed by atoms with Gasteiger partial charge >= 0.3 is 5.97 Å². The maximum atomic E-state index is 13.3. The average Bonchev–Trinajstić information content (AvgIpc) is 2.42. The van der Waals surface area contributed by atoms with Crippen molar-refractivity contribution in [3.05, 3.63) is 40.0 Å². The largest absolute Gasteiger partial charge is 0.505 e. The number of phenols is 1. The van der Waals surface area contributed by atoms with E-state index in [9.17, 15) is 9.18 Å². The van der Waals surface area contributed by atoms with Crippen LogP contribution in [0.1, 0.15) is 18.5 Å². The number of carbonyl (C=O) groups excluding carboxylic acids is 1. The number of ether oxygens (including phenoxy) is 1. The van der Waals surface area contributed by atoms with Crippen LogP contribution in [0.4, 0.5) is 4.39 Å². The normalized spacial score (nSPS) is 11.5. The van der Waals surface area contributed by atoms with Crippen molar-refractivity contribution in [2.45, 2.75) is 13.0 Å². The number of carbonyl (C=O) groups is 1. The fraction of sp³-hybridized carbons (Fsp3) is 0.417. The fourth-order valence-electron chi connectivity index (χ4n) is 1.57. The number of aromatic hydroxyl groups is 1. The summed E-state index contributed by atoms with van der Waals surface area (Å²) in [6.45, 7) is 2.23. The maximum absolute atomic E-state index is 13.3. The molecule has 0 amide bonds. The van der Waals surface area contributed by atoms with Crippen molar-refractivity contribution in [1.29, 1.82) is 0 Å². The maximum Gasteiger partial charge on any atom is 0.327 e. The van der Waals surface area contributed by atoms with Gasteiger partial charge in [-0.2, -0.15) is 0 Å². The molecule has 0 fully saturated rings. The molecule has 1 aromatic carbocycles. The predicted molar refractivity (Wildman–Crippen MR) is 69.5 cm³/mol. The third-order valence-electron chi connectivity index (χ3n) is 2.45. The molecule has 0 saturated carbocycles. The first-order chi connectivity index (χ1) is 9.60. The van der Waals surface area contributed by atoms with Crippen molar-refractivity contribution in [2.75, 3.05) is 19.7 Å². The van der Waals surface area contributed by atoms with Crippen LogP contribution in [0, 0.1) is 5.82 Å². The average molecular weight is 282 g/mol. The number of esters is 1. The number of phenolic OH excluding ortho intramolecular Hbond substituents is 1. The van der Waals surface area contributed by atoms with Crippen molar-refractivity contribution >= 4 is 5.97 Å². The summed E-state index contributed by atoms with van der Waals surface area (Å²) in [5, 5.41) is 15.3. The van der Waals surface area contributed by atoms with Crippen LogP contribution < -0.4 is 5.32 Å². The van der Waals surface area contributed by atoms with E-state index in [1.54, 1.807) is 6.92 Å². The Kier molecular flexibility index (Phi) is 6.28. The zero-order chi connectivity index (χ0) is 15.0. The molecule has 0 bridgehead atoms. The number of hydrogen-bond donors (Lipinski definition) is 2. The van der Waals surface area contributed by atoms with Crippen molar-refractivity contribution in [1.82, 2.24) is 5.32 Å². The zero-order valence-electron chi connectivity index (χ0n) is 10.9. The Bertz CT molecular complexity index is 517. The van der Waals surface area contributed by atoms with Crippen LogP contribution in [0.2, 0.25) is 0 Å². The lowest BCUT2D eigenvalue weighted by atomic mass is 10.1. The van der Waals surface area contributed by atoms with E-state index in [-0.39, 0.29) is 19.7 Å². The van der Waals surface area contributed by atoms with Crippen LogP contribution in [0.3, 0.4) is 0 Å². The number of hydrogen-bond acceptors (Lipinski definition) is 5. The Hall–Kier alpha value is -2.31. The van der Waals surface area contributed by atoms with Gasteiger partial charge in [-0.1, -0.05) is 11.2 Å². The highest BCUT2D eigenvalue weighted by molar-refractivity contribution is 5.77. The first-order valence-electron chi connectivity index (χ1n) is 5.99. The summed E-state index contributed by atoms with van der Waals surface area (Å²) in [5.41, 5.74) is 8.49. The molecular formula is C12H15FN4O3. The van der Waals surface area contributed by atoms with Gasteiger partial charge in [-0.25, -0.2) is 9.18 Å². The lowest BCUT2D eigenvalue weighted by molar-refractivity contribution is -0.145. The smallest absolute Gasteiger partial charge is 0.327 e. The predicted octanol–water partition coefficient (Wildman–Crippen LogP) is 2.04. The Balaban J connectivity index is 2.87. The molecule has 0 aliphatic heterocycles. The molecule has 0 aliphatic rings. The Labute approximate surface area is 115 Å². The summed E-state index contributed by atoms with van der Waals surface area (Å²) in [5.74, 6) is -1.89. The standard InChI is InChI=1S/C12H15FN4O3/c1-2-20-12(19)11(15-5-6-16-17-14)8-3-4-10(18)9(13)7-8/h3-4,7,11,15,18H,2,5-6H2,1H3. The number of azide groups is 1. The molecular weight excluding hydrogens is 267 g/mol. The molecule has 20 heavy (non-hydrogen) atoms. The Morgan fingerprint density at radius 2 is 2.40 bits per heavy atom. The lowest BCUT2D eigenvalue weighted by Gasteiger charge is -2.17. The fourth-order valence-corrected chi connectivity index (χ4v) is 1.57. The monoisotopic (exact) mass is 282 g/mol. The van der Waals surface area contributed by atoms with Gasteiger partial charge in [-0.15, -0.1) is 0 Å². The van der Waals surface area contributed by atoms with Gasteiger partial charge in [0, 0.05) is 18.0 Å². The third kappa shape index (κ3) is 4.42. The molecule has 1 rings (SSSR count). The molecule has 8 heteroatoms. The lowest BCUT2D eigenvalue weighted by Crippen LogP contribution is -2.32. The van der Waals surface area contributed by atoms with E-state index in [4.69, 9.17) is 15.4 Å². The molecule has 1 unspecified atom stereocenters. The van der Waals surface area contributed by atoms with Crippen molar-refractivity contribution in [2.24, 2.45) is 5.11 Å². The highest BCUT2D eigenvalue weighted by Gasteiger charge is 2.22. The summed E-state index contributed by atoms with van der Waals surface area (Å²) in [6, 6.07) is 2.74. The van der Waals surface area contributed by atoms with Crippen molar-refractivity contribution in [3.8, 4) is 5.75 Å². The molecule has 0 heterocycles. The molecule has 1 aromatic rings. The molecule has 0 aliphatic carbocycles. The summed E-state index contributed by atoms with van der Waals surface area (Å²) in [6.07, 6.45) is 0. The minimum Gasteiger partial charge on any atom is -0.505 e. The second kappa shape index (κ2) is 7.98. The number of halogens is 1. The minimum absolute atomic E-state index is 0.146. The van der Waals surface area contributed by atoms with E-state index in [0.29, 0.717) is 5.56 Å². The number of nitrogens with zero attached hydrogens (tertiary/aromatic N) is 3. The van der Waals surface area contributed by atoms with E-state index < -0.39 is 23.6 Å². The Morgan fingerprint density at radius 3 is 3.00 bits per heavy atom. The van der Waals surface area contributed by atoms with Crippen LogP contribution >= 0.6 is 0 Å². The quantitative estimate of drug-likeness (QED) is 0.262.